The van der Waals surface area contributed by atoms with E-state index in [2.05, 4.69) is 31.2 Å². The Balaban J connectivity index is 0.00000121. The molecule has 0 spiro atoms. The number of halogens is 1. The normalized spacial score (nSPS) is 9.17. The zero-order valence-electron chi connectivity index (χ0n) is 7.42. The Bertz CT molecular complexity index is 206. The van der Waals surface area contributed by atoms with Crippen LogP contribution in [0.4, 0.5) is 0 Å². The molecule has 0 fully saturated rings. The van der Waals surface area contributed by atoms with Crippen molar-refractivity contribution in [1.29, 1.82) is 0 Å². The second-order valence-corrected chi connectivity index (χ2v) is 2.77. The van der Waals surface area contributed by atoms with Crippen LogP contribution in [0.3, 0.4) is 0 Å². The lowest BCUT2D eigenvalue weighted by Gasteiger charge is -1.99. The quantitative estimate of drug-likeness (QED) is 0.770. The van der Waals surface area contributed by atoms with Crippen molar-refractivity contribution in [1.82, 2.24) is 0 Å². The molecule has 2 heteroatoms. The Labute approximate surface area is 80.4 Å². The van der Waals surface area contributed by atoms with Crippen molar-refractivity contribution in [3.8, 4) is 0 Å². The largest absolute Gasteiger partial charge is 0.326 e. The van der Waals surface area contributed by atoms with Gasteiger partial charge in [0.15, 0.2) is 0 Å². The molecule has 0 amide bonds. The molecule has 0 radical (unpaired) electrons. The summed E-state index contributed by atoms with van der Waals surface area (Å²) in [5, 5.41) is 0. The Morgan fingerprint density at radius 2 is 1.58 bits per heavy atom. The van der Waals surface area contributed by atoms with E-state index in [0.717, 1.165) is 0 Å². The molecule has 1 rings (SSSR count). The van der Waals surface area contributed by atoms with E-state index in [1.807, 2.05) is 0 Å². The first-order valence-electron chi connectivity index (χ1n) is 4.14. The van der Waals surface area contributed by atoms with Gasteiger partial charge in [-0.3, -0.25) is 0 Å². The maximum absolute atomic E-state index is 5.47. The van der Waals surface area contributed by atoms with Gasteiger partial charge in [0, 0.05) is 6.54 Å². The lowest BCUT2D eigenvalue weighted by atomic mass is 10.1. The molecule has 0 atom stereocenters. The molecule has 0 saturated carbocycles. The second-order valence-electron chi connectivity index (χ2n) is 2.77. The lowest BCUT2D eigenvalue weighted by molar-refractivity contribution is 0.919. The number of benzene rings is 1. The lowest BCUT2D eigenvalue weighted by Crippen LogP contribution is -1.95. The first kappa shape index (κ1) is 11.5. The predicted octanol–water partition coefficient (Wildman–Crippen LogP) is 2.52. The van der Waals surface area contributed by atoms with Crippen LogP contribution in [0.5, 0.6) is 0 Å². The third-order valence-electron chi connectivity index (χ3n) is 1.80. The molecular weight excluding hydrogens is 170 g/mol. The van der Waals surface area contributed by atoms with Gasteiger partial charge >= 0.3 is 0 Å². The van der Waals surface area contributed by atoms with Gasteiger partial charge in [-0.25, -0.2) is 0 Å². The van der Waals surface area contributed by atoms with Gasteiger partial charge in [0.05, 0.1) is 0 Å². The first-order chi connectivity index (χ1) is 5.36. The number of hydrogen-bond donors (Lipinski definition) is 1. The maximum Gasteiger partial charge on any atom is 0.0178 e. The smallest absolute Gasteiger partial charge is 0.0178 e. The third kappa shape index (κ3) is 3.24. The van der Waals surface area contributed by atoms with Gasteiger partial charge in [0.1, 0.15) is 0 Å². The monoisotopic (exact) mass is 185 g/mol. The fourth-order valence-electron chi connectivity index (χ4n) is 1.13. The van der Waals surface area contributed by atoms with E-state index in [9.17, 15) is 0 Å². The highest BCUT2D eigenvalue weighted by Crippen LogP contribution is 2.05. The highest BCUT2D eigenvalue weighted by molar-refractivity contribution is 5.85. The number of aryl methyl sites for hydroxylation is 1. The van der Waals surface area contributed by atoms with Gasteiger partial charge in [-0.1, -0.05) is 37.6 Å². The van der Waals surface area contributed by atoms with Gasteiger partial charge in [-0.2, -0.15) is 0 Å². The Hall–Kier alpha value is -0.530. The van der Waals surface area contributed by atoms with E-state index in [1.165, 1.54) is 24.0 Å². The summed E-state index contributed by atoms with van der Waals surface area (Å²) in [7, 11) is 0. The minimum absolute atomic E-state index is 0. The molecule has 2 N–H and O–H groups in total. The highest BCUT2D eigenvalue weighted by Gasteiger charge is 1.90. The third-order valence-corrected chi connectivity index (χ3v) is 1.80. The van der Waals surface area contributed by atoms with Crippen LogP contribution in [0.1, 0.15) is 24.5 Å². The number of rotatable bonds is 3. The molecule has 0 aliphatic carbocycles. The number of nitrogens with two attached hydrogens (primary N) is 1. The van der Waals surface area contributed by atoms with Crippen LogP contribution in [0.15, 0.2) is 24.3 Å². The van der Waals surface area contributed by atoms with Gasteiger partial charge in [-0.05, 0) is 17.5 Å². The van der Waals surface area contributed by atoms with E-state index in [1.54, 1.807) is 0 Å². The average molecular weight is 186 g/mol. The molecular formula is C10H16ClN. The van der Waals surface area contributed by atoms with Gasteiger partial charge < -0.3 is 5.73 Å². The number of hydrogen-bond acceptors (Lipinski definition) is 1. The van der Waals surface area contributed by atoms with Crippen LogP contribution < -0.4 is 5.73 Å². The van der Waals surface area contributed by atoms with Gasteiger partial charge in [-0.15, -0.1) is 12.4 Å². The van der Waals surface area contributed by atoms with Crippen LogP contribution >= 0.6 is 12.4 Å². The van der Waals surface area contributed by atoms with Crippen molar-refractivity contribution in [3.05, 3.63) is 35.4 Å². The summed E-state index contributed by atoms with van der Waals surface area (Å²) in [4.78, 5) is 0. The van der Waals surface area contributed by atoms with Crippen molar-refractivity contribution >= 4 is 12.4 Å². The Morgan fingerprint density at radius 3 is 2.00 bits per heavy atom. The zero-order valence-corrected chi connectivity index (χ0v) is 8.23. The molecule has 0 bridgehead atoms. The summed E-state index contributed by atoms with van der Waals surface area (Å²) in [5.74, 6) is 0. The average Bonchev–Trinajstić information content (AvgIpc) is 2.07. The summed E-state index contributed by atoms with van der Waals surface area (Å²) < 4.78 is 0. The molecule has 12 heavy (non-hydrogen) atoms. The molecule has 1 aromatic rings. The van der Waals surface area contributed by atoms with Gasteiger partial charge in [0.2, 0.25) is 0 Å². The molecule has 0 saturated heterocycles. The molecule has 0 heterocycles. The van der Waals surface area contributed by atoms with E-state index < -0.39 is 0 Å². The van der Waals surface area contributed by atoms with Gasteiger partial charge in [0.25, 0.3) is 0 Å². The fraction of sp³-hybridized carbons (Fsp3) is 0.400. The fourth-order valence-corrected chi connectivity index (χ4v) is 1.13. The molecule has 0 aliphatic rings. The molecule has 0 unspecified atom stereocenters. The minimum atomic E-state index is 0. The predicted molar refractivity (Wildman–Crippen MR) is 55.6 cm³/mol. The second kappa shape index (κ2) is 6.04. The van der Waals surface area contributed by atoms with Crippen molar-refractivity contribution < 1.29 is 0 Å². The zero-order chi connectivity index (χ0) is 8.10. The van der Waals surface area contributed by atoms with Crippen molar-refractivity contribution in [2.45, 2.75) is 26.3 Å². The SMILES string of the molecule is CCCc1ccc(CN)cc1.Cl. The van der Waals surface area contributed by atoms with Crippen molar-refractivity contribution in [2.24, 2.45) is 5.73 Å². The Kier molecular flexibility index (Phi) is 5.77. The van der Waals surface area contributed by atoms with E-state index in [-0.39, 0.29) is 12.4 Å². The summed E-state index contributed by atoms with van der Waals surface area (Å²) in [5.41, 5.74) is 8.09. The minimum Gasteiger partial charge on any atom is -0.326 e. The van der Waals surface area contributed by atoms with E-state index >= 15 is 0 Å². The molecule has 1 aromatic carbocycles. The molecule has 0 aromatic heterocycles. The molecule has 0 aliphatic heterocycles. The highest BCUT2D eigenvalue weighted by atomic mass is 35.5. The van der Waals surface area contributed by atoms with Crippen LogP contribution in [0, 0.1) is 0 Å². The maximum atomic E-state index is 5.47. The standard InChI is InChI=1S/C10H15N.ClH/c1-2-3-9-4-6-10(8-11)7-5-9;/h4-7H,2-3,8,11H2,1H3;1H. The summed E-state index contributed by atoms with van der Waals surface area (Å²) in [6, 6.07) is 8.52. The topological polar surface area (TPSA) is 26.0 Å². The van der Waals surface area contributed by atoms with Crippen LogP contribution in [0.2, 0.25) is 0 Å². The Morgan fingerprint density at radius 1 is 1.08 bits per heavy atom. The van der Waals surface area contributed by atoms with Crippen LogP contribution in [0.25, 0.3) is 0 Å². The van der Waals surface area contributed by atoms with E-state index in [0.29, 0.717) is 6.54 Å². The molecule has 1 nitrogen and oxygen atoms in total. The molecule has 68 valence electrons. The van der Waals surface area contributed by atoms with Crippen molar-refractivity contribution in [3.63, 3.8) is 0 Å². The summed E-state index contributed by atoms with van der Waals surface area (Å²) in [6.45, 7) is 2.84. The van der Waals surface area contributed by atoms with E-state index in [4.69, 9.17) is 5.73 Å². The summed E-state index contributed by atoms with van der Waals surface area (Å²) >= 11 is 0. The van der Waals surface area contributed by atoms with Crippen molar-refractivity contribution in [2.75, 3.05) is 0 Å². The van der Waals surface area contributed by atoms with Crippen LogP contribution in [-0.4, -0.2) is 0 Å². The first-order valence-corrected chi connectivity index (χ1v) is 4.14. The van der Waals surface area contributed by atoms with Crippen LogP contribution in [-0.2, 0) is 13.0 Å². The summed E-state index contributed by atoms with van der Waals surface area (Å²) in [6.07, 6.45) is 2.38.